The van der Waals surface area contributed by atoms with Crippen molar-refractivity contribution >= 4 is 34.3 Å². The molecule has 2 unspecified atom stereocenters. The average Bonchev–Trinajstić information content (AvgIpc) is 3.63. The number of rotatable bonds is 9. The number of piperidine rings is 2. The van der Waals surface area contributed by atoms with Gasteiger partial charge in [0.15, 0.2) is 0 Å². The van der Waals surface area contributed by atoms with Gasteiger partial charge in [0.1, 0.15) is 23.1 Å². The number of carbonyl (C=O) groups excluding carboxylic acids is 3. The summed E-state index contributed by atoms with van der Waals surface area (Å²) in [5, 5.41) is 12.6. The fourth-order valence-electron chi connectivity index (χ4n) is 7.55. The molecular weight excluding hydrogens is 693 g/mol. The summed E-state index contributed by atoms with van der Waals surface area (Å²) in [6, 6.07) is 9.18. The van der Waals surface area contributed by atoms with E-state index in [1.807, 2.05) is 4.90 Å². The predicted octanol–water partition coefficient (Wildman–Crippen LogP) is 3.06. The van der Waals surface area contributed by atoms with E-state index >= 15 is 13.2 Å². The zero-order chi connectivity index (χ0) is 37.4. The Bertz CT molecular complexity index is 2090. The minimum atomic E-state index is -3.06. The lowest BCUT2D eigenvalue weighted by Gasteiger charge is -2.40. The normalized spacial score (nSPS) is 21.1. The number of pyridine rings is 1. The van der Waals surface area contributed by atoms with Crippen LogP contribution in [-0.2, 0) is 28.0 Å². The van der Waals surface area contributed by atoms with Crippen LogP contribution < -0.4 is 20.9 Å². The van der Waals surface area contributed by atoms with Crippen LogP contribution in [-0.4, -0.2) is 112 Å². The smallest absolute Gasteiger partial charge is 0.276 e. The number of nitrogens with zero attached hydrogens (tertiary/aromatic N) is 5. The molecular formula is C37H41F3N8O5. The number of H-pyrrole nitrogens is 1. The molecule has 0 bridgehead atoms. The summed E-state index contributed by atoms with van der Waals surface area (Å²) < 4.78 is 53.7. The molecule has 3 saturated heterocycles. The molecule has 53 heavy (non-hydrogen) atoms. The highest BCUT2D eigenvalue weighted by Gasteiger charge is 2.45. The van der Waals surface area contributed by atoms with Crippen molar-refractivity contribution in [3.05, 3.63) is 76.1 Å². The Morgan fingerprint density at radius 3 is 2.49 bits per heavy atom. The Balaban J connectivity index is 0.917. The minimum Gasteiger partial charge on any atom is -0.496 e. The number of nitrogens with one attached hydrogen (secondary N) is 3. The van der Waals surface area contributed by atoms with Gasteiger partial charge in [-0.05, 0) is 54.8 Å². The van der Waals surface area contributed by atoms with Crippen LogP contribution in [0.4, 0.5) is 18.9 Å². The van der Waals surface area contributed by atoms with Gasteiger partial charge in [-0.3, -0.25) is 39.4 Å². The number of imide groups is 1. The molecule has 13 nitrogen and oxygen atoms in total. The average molecular weight is 735 g/mol. The Labute approximate surface area is 303 Å². The molecule has 0 saturated carbocycles. The molecule has 2 atom stereocenters. The lowest BCUT2D eigenvalue weighted by atomic mass is 9.86. The number of halogens is 3. The Morgan fingerprint density at radius 1 is 1.04 bits per heavy atom. The number of piperazine rings is 1. The number of fused-ring (bicyclic) bond motifs is 1. The van der Waals surface area contributed by atoms with Gasteiger partial charge in [0, 0.05) is 74.6 Å². The summed E-state index contributed by atoms with van der Waals surface area (Å²) in [5.41, 5.74) is 2.70. The van der Waals surface area contributed by atoms with Crippen LogP contribution in [0.25, 0.3) is 22.0 Å². The molecule has 7 rings (SSSR count). The van der Waals surface area contributed by atoms with Crippen molar-refractivity contribution in [2.75, 3.05) is 58.2 Å². The van der Waals surface area contributed by atoms with E-state index in [-0.39, 0.29) is 43.3 Å². The Kier molecular flexibility index (Phi) is 10.00. The molecule has 0 aliphatic carbocycles. The highest BCUT2D eigenvalue weighted by Crippen LogP contribution is 2.41. The van der Waals surface area contributed by atoms with Crippen LogP contribution in [0, 0.1) is 5.82 Å². The number of amides is 3. The largest absolute Gasteiger partial charge is 0.496 e. The second kappa shape index (κ2) is 14.7. The van der Waals surface area contributed by atoms with Crippen LogP contribution in [0.5, 0.6) is 5.75 Å². The van der Waals surface area contributed by atoms with Gasteiger partial charge in [0.2, 0.25) is 17.7 Å². The second-order valence-electron chi connectivity index (χ2n) is 14.0. The SMILES string of the molecule is COc1cc(-c2cn(C)c(=O)c3[nH]ncc23)cc(F)c1CN1CCN(C(=O)CN2CCC(c3ccc(NC4CCC(=O)NC4=O)cc3)C(F)(F)C2)CC1. The first-order valence-corrected chi connectivity index (χ1v) is 17.6. The monoisotopic (exact) mass is 734 g/mol. The molecule has 3 fully saturated rings. The summed E-state index contributed by atoms with van der Waals surface area (Å²) >= 11 is 0. The van der Waals surface area contributed by atoms with Crippen LogP contribution in [0.3, 0.4) is 0 Å². The number of ether oxygens (including phenoxy) is 1. The Morgan fingerprint density at radius 2 is 1.79 bits per heavy atom. The number of methoxy groups -OCH3 is 1. The fraction of sp³-hybridized carbons (Fsp3) is 0.432. The number of alkyl halides is 2. The quantitative estimate of drug-likeness (QED) is 0.221. The van der Waals surface area contributed by atoms with Crippen LogP contribution >= 0.6 is 0 Å². The van der Waals surface area contributed by atoms with E-state index in [9.17, 15) is 19.2 Å². The van der Waals surface area contributed by atoms with Crippen molar-refractivity contribution in [2.45, 2.75) is 43.7 Å². The molecule has 2 aromatic heterocycles. The van der Waals surface area contributed by atoms with Crippen molar-refractivity contribution in [1.82, 2.24) is 34.8 Å². The number of benzene rings is 2. The number of aryl methyl sites for hydroxylation is 1. The zero-order valence-corrected chi connectivity index (χ0v) is 29.5. The van der Waals surface area contributed by atoms with Gasteiger partial charge >= 0.3 is 0 Å². The van der Waals surface area contributed by atoms with E-state index in [2.05, 4.69) is 20.8 Å². The molecule has 3 N–H and O–H groups in total. The maximum Gasteiger partial charge on any atom is 0.276 e. The first-order valence-electron chi connectivity index (χ1n) is 17.6. The van der Waals surface area contributed by atoms with E-state index in [4.69, 9.17) is 4.74 Å². The first-order chi connectivity index (χ1) is 25.4. The maximum atomic E-state index is 15.7. The van der Waals surface area contributed by atoms with E-state index in [1.165, 1.54) is 28.8 Å². The van der Waals surface area contributed by atoms with Crippen molar-refractivity contribution in [3.63, 3.8) is 0 Å². The third kappa shape index (κ3) is 7.51. The van der Waals surface area contributed by atoms with Gasteiger partial charge in [-0.1, -0.05) is 12.1 Å². The predicted molar refractivity (Wildman–Crippen MR) is 190 cm³/mol. The van der Waals surface area contributed by atoms with E-state index < -0.39 is 36.2 Å². The first kappa shape index (κ1) is 36.2. The lowest BCUT2D eigenvalue weighted by Crippen LogP contribution is -2.54. The van der Waals surface area contributed by atoms with Gasteiger partial charge < -0.3 is 19.5 Å². The highest BCUT2D eigenvalue weighted by atomic mass is 19.3. The van der Waals surface area contributed by atoms with Crippen LogP contribution in [0.15, 0.2) is 53.6 Å². The van der Waals surface area contributed by atoms with Gasteiger partial charge in [-0.2, -0.15) is 5.10 Å². The number of aromatic nitrogens is 3. The molecule has 0 spiro atoms. The van der Waals surface area contributed by atoms with E-state index in [0.717, 1.165) is 0 Å². The molecule has 4 aromatic rings. The minimum absolute atomic E-state index is 0.115. The third-order valence-corrected chi connectivity index (χ3v) is 10.5. The summed E-state index contributed by atoms with van der Waals surface area (Å²) in [6.07, 6.45) is 3.94. The van der Waals surface area contributed by atoms with Gasteiger partial charge in [0.05, 0.1) is 32.3 Å². The van der Waals surface area contributed by atoms with Crippen molar-refractivity contribution < 1.29 is 32.3 Å². The number of aromatic amines is 1. The summed E-state index contributed by atoms with van der Waals surface area (Å²) in [6.45, 7) is 1.63. The second-order valence-corrected chi connectivity index (χ2v) is 14.0. The molecule has 5 heterocycles. The molecule has 3 amide bonds. The molecule has 280 valence electrons. The lowest BCUT2D eigenvalue weighted by molar-refractivity contribution is -0.138. The zero-order valence-electron chi connectivity index (χ0n) is 29.5. The van der Waals surface area contributed by atoms with Gasteiger partial charge in [-0.25, -0.2) is 13.2 Å². The molecule has 0 radical (unpaired) electrons. The molecule has 2 aromatic carbocycles. The van der Waals surface area contributed by atoms with E-state index in [1.54, 1.807) is 48.5 Å². The van der Waals surface area contributed by atoms with Crippen molar-refractivity contribution in [1.29, 1.82) is 0 Å². The number of anilines is 1. The third-order valence-electron chi connectivity index (χ3n) is 10.5. The van der Waals surface area contributed by atoms with Crippen LogP contribution in [0.2, 0.25) is 0 Å². The molecule has 3 aliphatic rings. The van der Waals surface area contributed by atoms with Gasteiger partial charge in [0.25, 0.3) is 11.5 Å². The summed E-state index contributed by atoms with van der Waals surface area (Å²) in [5.74, 6) is -5.12. The summed E-state index contributed by atoms with van der Waals surface area (Å²) in [7, 11) is 3.09. The highest BCUT2D eigenvalue weighted by molar-refractivity contribution is 6.01. The number of likely N-dealkylation sites (tertiary alicyclic amines) is 1. The number of hydrogen-bond acceptors (Lipinski definition) is 9. The molecule has 16 heteroatoms. The number of hydrogen-bond donors (Lipinski definition) is 3. The topological polar surface area (TPSA) is 145 Å². The van der Waals surface area contributed by atoms with Crippen molar-refractivity contribution in [3.8, 4) is 16.9 Å². The standard InChI is InChI=1S/C37H41F3N8O5/c1-45-18-26(25-17-41-44-34(25)36(45)52)23-15-29(38)27(31(16-23)53-2)19-46-11-13-48(14-12-46)33(50)20-47-10-9-28(37(39,40)21-47)22-3-5-24(6-4-22)42-30-7-8-32(49)43-35(30)51/h3-6,15-18,28,30,42H,7-14,19-21H2,1-2H3,(H,41,44)(H,43,49,51). The summed E-state index contributed by atoms with van der Waals surface area (Å²) in [4.78, 5) is 54.4. The number of carbonyl (C=O) groups is 3. The van der Waals surface area contributed by atoms with Crippen molar-refractivity contribution in [2.24, 2.45) is 7.05 Å². The van der Waals surface area contributed by atoms with Gasteiger partial charge in [-0.15, -0.1) is 0 Å². The van der Waals surface area contributed by atoms with Crippen LogP contribution in [0.1, 0.15) is 36.3 Å². The maximum absolute atomic E-state index is 15.7. The van der Waals surface area contributed by atoms with E-state index in [0.29, 0.717) is 83.7 Å². The fourth-order valence-corrected chi connectivity index (χ4v) is 7.55. The Hall–Kier alpha value is -5.22. The molecule has 3 aliphatic heterocycles.